The van der Waals surface area contributed by atoms with Crippen LogP contribution in [0.1, 0.15) is 10.5 Å². The monoisotopic (exact) mass is 482 g/mol. The highest BCUT2D eigenvalue weighted by Gasteiger charge is 2.32. The largest absolute Gasteiger partial charge is 0.355 e. The Bertz CT molecular complexity index is 1090. The maximum atomic E-state index is 12.7. The Morgan fingerprint density at radius 3 is 2.46 bits per heavy atom. The molecule has 0 unspecified atom stereocenters. The summed E-state index contributed by atoms with van der Waals surface area (Å²) in [5.41, 5.74) is 0.977. The molecule has 1 saturated heterocycles. The zero-order valence-corrected chi connectivity index (χ0v) is 17.7. The smallest absolute Gasteiger partial charge is 0.276 e. The first kappa shape index (κ1) is 19.2. The highest BCUT2D eigenvalue weighted by atomic mass is 79.9. The van der Waals surface area contributed by atoms with E-state index >= 15 is 0 Å². The maximum absolute atomic E-state index is 12.7. The van der Waals surface area contributed by atoms with Crippen molar-refractivity contribution in [2.45, 2.75) is 4.21 Å². The van der Waals surface area contributed by atoms with Gasteiger partial charge in [0.25, 0.3) is 15.9 Å². The van der Waals surface area contributed by atoms with Crippen molar-refractivity contribution >= 4 is 43.2 Å². The molecule has 11 heteroatoms. The standard InChI is InChI=1S/C17H15BrN4O4S2/c18-15-1-2-16(27-15)28(24,25)22-9-7-21(8-10-22)17(23)13-11-14(26-20-13)12-3-5-19-6-4-12/h1-6,11H,7-10H2. The maximum Gasteiger partial charge on any atom is 0.276 e. The normalized spacial score (nSPS) is 15.7. The number of nitrogens with zero attached hydrogens (tertiary/aromatic N) is 4. The van der Waals surface area contributed by atoms with Crippen LogP contribution < -0.4 is 0 Å². The number of carbonyl (C=O) groups excluding carboxylic acids is 1. The van der Waals surface area contributed by atoms with E-state index in [1.807, 2.05) is 0 Å². The fourth-order valence-corrected chi connectivity index (χ4v) is 6.47. The van der Waals surface area contributed by atoms with Crippen LogP contribution in [0, 0.1) is 0 Å². The van der Waals surface area contributed by atoms with E-state index in [0.29, 0.717) is 18.8 Å². The Morgan fingerprint density at radius 2 is 1.82 bits per heavy atom. The van der Waals surface area contributed by atoms with Crippen LogP contribution in [0.3, 0.4) is 0 Å². The van der Waals surface area contributed by atoms with Gasteiger partial charge in [-0.05, 0) is 40.2 Å². The van der Waals surface area contributed by atoms with Crippen LogP contribution in [-0.2, 0) is 10.0 Å². The topological polar surface area (TPSA) is 96.6 Å². The van der Waals surface area contributed by atoms with E-state index in [0.717, 1.165) is 9.35 Å². The summed E-state index contributed by atoms with van der Waals surface area (Å²) in [6, 6.07) is 8.41. The van der Waals surface area contributed by atoms with Gasteiger partial charge in [0.15, 0.2) is 11.5 Å². The van der Waals surface area contributed by atoms with Gasteiger partial charge in [-0.25, -0.2) is 8.42 Å². The SMILES string of the molecule is O=C(c1cc(-c2ccncc2)on1)N1CCN(S(=O)(=O)c2ccc(Br)s2)CC1. The Hall–Kier alpha value is -2.08. The van der Waals surface area contributed by atoms with Crippen LogP contribution in [-0.4, -0.2) is 59.8 Å². The van der Waals surface area contributed by atoms with Crippen molar-refractivity contribution in [3.05, 3.63) is 52.2 Å². The van der Waals surface area contributed by atoms with E-state index < -0.39 is 10.0 Å². The van der Waals surface area contributed by atoms with Crippen molar-refractivity contribution in [1.82, 2.24) is 19.3 Å². The Kier molecular flexibility index (Phi) is 5.32. The number of hydrogen-bond acceptors (Lipinski definition) is 7. The predicted molar refractivity (Wildman–Crippen MR) is 106 cm³/mol. The van der Waals surface area contributed by atoms with Gasteiger partial charge >= 0.3 is 0 Å². The van der Waals surface area contributed by atoms with Crippen LogP contribution >= 0.6 is 27.3 Å². The first-order chi connectivity index (χ1) is 13.4. The van der Waals surface area contributed by atoms with Crippen LogP contribution in [0.25, 0.3) is 11.3 Å². The van der Waals surface area contributed by atoms with Crippen molar-refractivity contribution in [2.24, 2.45) is 0 Å². The van der Waals surface area contributed by atoms with E-state index in [9.17, 15) is 13.2 Å². The molecule has 0 bridgehead atoms. The molecule has 4 rings (SSSR count). The summed E-state index contributed by atoms with van der Waals surface area (Å²) < 4.78 is 33.1. The molecule has 3 aromatic heterocycles. The molecule has 1 fully saturated rings. The molecule has 0 atom stereocenters. The number of sulfonamides is 1. The van der Waals surface area contributed by atoms with Gasteiger partial charge in [0.1, 0.15) is 4.21 Å². The molecule has 0 N–H and O–H groups in total. The lowest BCUT2D eigenvalue weighted by Crippen LogP contribution is -2.50. The fourth-order valence-electron chi connectivity index (χ4n) is 2.89. The predicted octanol–water partition coefficient (Wildman–Crippen LogP) is 2.71. The molecule has 3 aromatic rings. The molecular weight excluding hydrogens is 468 g/mol. The van der Waals surface area contributed by atoms with Gasteiger partial charge in [-0.3, -0.25) is 9.78 Å². The van der Waals surface area contributed by atoms with E-state index in [1.165, 1.54) is 15.6 Å². The number of carbonyl (C=O) groups is 1. The number of aromatic nitrogens is 2. The van der Waals surface area contributed by atoms with Crippen molar-refractivity contribution < 1.29 is 17.7 Å². The van der Waals surface area contributed by atoms with Gasteiger partial charge in [0.2, 0.25) is 0 Å². The number of halogens is 1. The lowest BCUT2D eigenvalue weighted by atomic mass is 10.2. The third-order valence-corrected chi connectivity index (χ3v) is 8.35. The summed E-state index contributed by atoms with van der Waals surface area (Å²) >= 11 is 4.46. The Balaban J connectivity index is 1.43. The summed E-state index contributed by atoms with van der Waals surface area (Å²) in [4.78, 5) is 18.2. The minimum Gasteiger partial charge on any atom is -0.355 e. The van der Waals surface area contributed by atoms with Crippen LogP contribution in [0.15, 0.2) is 55.2 Å². The molecular formula is C17H15BrN4O4S2. The molecule has 0 radical (unpaired) electrons. The van der Waals surface area contributed by atoms with E-state index in [-0.39, 0.29) is 28.9 Å². The van der Waals surface area contributed by atoms with Crippen molar-refractivity contribution in [3.63, 3.8) is 0 Å². The molecule has 146 valence electrons. The molecule has 4 heterocycles. The first-order valence-electron chi connectivity index (χ1n) is 8.37. The van der Waals surface area contributed by atoms with Gasteiger partial charge in [-0.1, -0.05) is 5.16 Å². The molecule has 0 aromatic carbocycles. The summed E-state index contributed by atoms with van der Waals surface area (Å²) in [6.45, 7) is 1.06. The quantitative estimate of drug-likeness (QED) is 0.566. The highest BCUT2D eigenvalue weighted by Crippen LogP contribution is 2.29. The van der Waals surface area contributed by atoms with Gasteiger partial charge in [-0.15, -0.1) is 11.3 Å². The Morgan fingerprint density at radius 1 is 1.11 bits per heavy atom. The molecule has 1 amide bonds. The van der Waals surface area contributed by atoms with Crippen LogP contribution in [0.5, 0.6) is 0 Å². The lowest BCUT2D eigenvalue weighted by Gasteiger charge is -2.33. The second kappa shape index (κ2) is 7.74. The van der Waals surface area contributed by atoms with Gasteiger partial charge in [-0.2, -0.15) is 4.31 Å². The number of piperazine rings is 1. The summed E-state index contributed by atoms with van der Waals surface area (Å²) in [6.07, 6.45) is 3.26. The minimum atomic E-state index is -3.54. The van der Waals surface area contributed by atoms with E-state index in [4.69, 9.17) is 4.52 Å². The number of hydrogen-bond donors (Lipinski definition) is 0. The highest BCUT2D eigenvalue weighted by molar-refractivity contribution is 9.11. The van der Waals surface area contributed by atoms with Crippen molar-refractivity contribution in [1.29, 1.82) is 0 Å². The van der Waals surface area contributed by atoms with Crippen LogP contribution in [0.4, 0.5) is 0 Å². The van der Waals surface area contributed by atoms with Gasteiger partial charge in [0, 0.05) is 50.2 Å². The van der Waals surface area contributed by atoms with E-state index in [2.05, 4.69) is 26.1 Å². The average Bonchev–Trinajstić information content (AvgIpc) is 3.38. The molecule has 0 spiro atoms. The molecule has 0 aliphatic carbocycles. The number of pyridine rings is 1. The van der Waals surface area contributed by atoms with E-state index in [1.54, 1.807) is 47.6 Å². The minimum absolute atomic E-state index is 0.199. The summed E-state index contributed by atoms with van der Waals surface area (Å²) in [5, 5.41) is 3.86. The summed E-state index contributed by atoms with van der Waals surface area (Å²) in [5.74, 6) is 0.204. The first-order valence-corrected chi connectivity index (χ1v) is 11.4. The molecule has 1 aliphatic rings. The second-order valence-electron chi connectivity index (χ2n) is 6.07. The number of amides is 1. The zero-order valence-electron chi connectivity index (χ0n) is 14.5. The van der Waals surface area contributed by atoms with Crippen molar-refractivity contribution in [2.75, 3.05) is 26.2 Å². The Labute approximate surface area is 173 Å². The zero-order chi connectivity index (χ0) is 19.7. The number of thiophene rings is 1. The second-order valence-corrected chi connectivity index (χ2v) is 10.7. The molecule has 1 aliphatic heterocycles. The third-order valence-electron chi connectivity index (χ3n) is 4.36. The molecule has 8 nitrogen and oxygen atoms in total. The van der Waals surface area contributed by atoms with Gasteiger partial charge < -0.3 is 9.42 Å². The molecule has 28 heavy (non-hydrogen) atoms. The van der Waals surface area contributed by atoms with Crippen molar-refractivity contribution in [3.8, 4) is 11.3 Å². The summed E-state index contributed by atoms with van der Waals surface area (Å²) in [7, 11) is -3.54. The third kappa shape index (κ3) is 3.75. The van der Waals surface area contributed by atoms with Gasteiger partial charge in [0.05, 0.1) is 3.79 Å². The fraction of sp³-hybridized carbons (Fsp3) is 0.235. The number of rotatable bonds is 4. The van der Waals surface area contributed by atoms with Crippen LogP contribution in [0.2, 0.25) is 0 Å². The lowest BCUT2D eigenvalue weighted by molar-refractivity contribution is 0.0687. The average molecular weight is 483 g/mol. The molecule has 0 saturated carbocycles.